The molecule has 0 unspecified atom stereocenters. The van der Waals surface area contributed by atoms with Crippen molar-refractivity contribution in [3.63, 3.8) is 0 Å². The predicted molar refractivity (Wildman–Crippen MR) is 86.9 cm³/mol. The molecule has 1 aliphatic heterocycles. The molecule has 6 nitrogen and oxygen atoms in total. The van der Waals surface area contributed by atoms with Gasteiger partial charge in [0.1, 0.15) is 0 Å². The fourth-order valence-corrected chi connectivity index (χ4v) is 2.84. The van der Waals surface area contributed by atoms with Crippen molar-refractivity contribution in [3.8, 4) is 0 Å². The molecule has 1 fully saturated rings. The molecule has 2 heterocycles. The van der Waals surface area contributed by atoms with Gasteiger partial charge in [-0.05, 0) is 45.4 Å². The average molecular weight is 306 g/mol. The van der Waals surface area contributed by atoms with Crippen LogP contribution >= 0.6 is 0 Å². The normalized spacial score (nSPS) is 16.1. The molecule has 0 bridgehead atoms. The van der Waals surface area contributed by atoms with Gasteiger partial charge in [-0.3, -0.25) is 4.98 Å². The minimum absolute atomic E-state index is 0.0398. The molecule has 2 amide bonds. The monoisotopic (exact) mass is 306 g/mol. The Hall–Kier alpha value is -1.66. The summed E-state index contributed by atoms with van der Waals surface area (Å²) >= 11 is 0. The molecule has 1 aliphatic rings. The van der Waals surface area contributed by atoms with Crippen molar-refractivity contribution in [3.05, 3.63) is 24.0 Å². The van der Waals surface area contributed by atoms with Gasteiger partial charge >= 0.3 is 6.03 Å². The number of aromatic nitrogens is 1. The van der Waals surface area contributed by atoms with Gasteiger partial charge in [-0.15, -0.1) is 0 Å². The number of nitrogens with zero attached hydrogens (tertiary/aromatic N) is 3. The number of hydrogen-bond acceptors (Lipinski definition) is 4. The molecule has 1 aromatic heterocycles. The Balaban J connectivity index is 1.80. The Morgan fingerprint density at radius 3 is 2.86 bits per heavy atom. The van der Waals surface area contributed by atoms with Crippen LogP contribution in [0.15, 0.2) is 18.3 Å². The summed E-state index contributed by atoms with van der Waals surface area (Å²) in [6.07, 6.45) is 4.46. The molecule has 0 atom stereocenters. The van der Waals surface area contributed by atoms with Gasteiger partial charge in [0.15, 0.2) is 0 Å². The summed E-state index contributed by atoms with van der Waals surface area (Å²) in [5, 5.41) is 11.8. The zero-order valence-electron chi connectivity index (χ0n) is 13.5. The predicted octanol–water partition coefficient (Wildman–Crippen LogP) is 1.70. The zero-order chi connectivity index (χ0) is 15.9. The third-order valence-corrected chi connectivity index (χ3v) is 4.19. The molecule has 1 saturated heterocycles. The first-order valence-electron chi connectivity index (χ1n) is 7.90. The molecule has 22 heavy (non-hydrogen) atoms. The molecular formula is C16H26N4O2. The highest BCUT2D eigenvalue weighted by atomic mass is 16.3. The fraction of sp³-hybridized carbons (Fsp3) is 0.625. The van der Waals surface area contributed by atoms with Crippen LogP contribution in [0.5, 0.6) is 0 Å². The molecule has 0 saturated carbocycles. The van der Waals surface area contributed by atoms with E-state index in [0.29, 0.717) is 6.04 Å². The van der Waals surface area contributed by atoms with Gasteiger partial charge < -0.3 is 20.2 Å². The van der Waals surface area contributed by atoms with Gasteiger partial charge in [-0.2, -0.15) is 0 Å². The van der Waals surface area contributed by atoms with Crippen molar-refractivity contribution < 1.29 is 9.90 Å². The molecule has 2 rings (SSSR count). The first-order chi connectivity index (χ1) is 10.6. The summed E-state index contributed by atoms with van der Waals surface area (Å²) in [6.45, 7) is 4.58. The van der Waals surface area contributed by atoms with Crippen LogP contribution in [-0.2, 0) is 0 Å². The Kier molecular flexibility index (Phi) is 6.15. The molecule has 0 spiro atoms. The summed E-state index contributed by atoms with van der Waals surface area (Å²) in [5.74, 6) is 0. The molecule has 2 N–H and O–H groups in total. The van der Waals surface area contributed by atoms with E-state index in [1.807, 2.05) is 17.9 Å². The second-order valence-electron chi connectivity index (χ2n) is 5.89. The number of pyridine rings is 1. The molecular weight excluding hydrogens is 280 g/mol. The summed E-state index contributed by atoms with van der Waals surface area (Å²) in [4.78, 5) is 20.6. The van der Waals surface area contributed by atoms with Crippen molar-refractivity contribution in [1.82, 2.24) is 14.8 Å². The van der Waals surface area contributed by atoms with Gasteiger partial charge in [0.05, 0.1) is 0 Å². The standard InChI is InChI=1S/C16H26N4O2/c1-13-12-14(4-7-17-13)18-16(22)20-9-5-15(6-10-20)19(2)8-3-11-21/h4,7,12,15,21H,3,5-6,8-11H2,1-2H3,(H,17,18,22). The number of carbonyl (C=O) groups excluding carboxylic acids is 1. The van der Waals surface area contributed by atoms with Gasteiger partial charge in [0, 0.05) is 49.9 Å². The molecule has 0 aromatic carbocycles. The topological polar surface area (TPSA) is 68.7 Å². The van der Waals surface area contributed by atoms with Crippen molar-refractivity contribution in [2.45, 2.75) is 32.2 Å². The lowest BCUT2D eigenvalue weighted by molar-refractivity contribution is 0.134. The van der Waals surface area contributed by atoms with E-state index in [1.54, 1.807) is 12.3 Å². The second-order valence-corrected chi connectivity index (χ2v) is 5.89. The van der Waals surface area contributed by atoms with E-state index < -0.39 is 0 Å². The number of rotatable bonds is 5. The highest BCUT2D eigenvalue weighted by molar-refractivity contribution is 5.89. The minimum atomic E-state index is -0.0398. The van der Waals surface area contributed by atoms with Crippen LogP contribution in [0.3, 0.4) is 0 Å². The van der Waals surface area contributed by atoms with Crippen LogP contribution in [0.1, 0.15) is 25.0 Å². The Labute approximate surface area is 132 Å². The summed E-state index contributed by atoms with van der Waals surface area (Å²) in [6, 6.07) is 4.13. The highest BCUT2D eigenvalue weighted by Gasteiger charge is 2.25. The van der Waals surface area contributed by atoms with Crippen molar-refractivity contribution in [2.75, 3.05) is 38.6 Å². The summed E-state index contributed by atoms with van der Waals surface area (Å²) in [7, 11) is 2.09. The first kappa shape index (κ1) is 16.7. The second kappa shape index (κ2) is 8.10. The van der Waals surface area contributed by atoms with E-state index in [4.69, 9.17) is 5.11 Å². The van der Waals surface area contributed by atoms with Crippen LogP contribution in [0.2, 0.25) is 0 Å². The van der Waals surface area contributed by atoms with Crippen LogP contribution in [-0.4, -0.2) is 65.3 Å². The van der Waals surface area contributed by atoms with Gasteiger partial charge in [0.25, 0.3) is 0 Å². The number of amides is 2. The number of piperidine rings is 1. The highest BCUT2D eigenvalue weighted by Crippen LogP contribution is 2.17. The Bertz CT molecular complexity index is 487. The van der Waals surface area contributed by atoms with E-state index >= 15 is 0 Å². The number of aliphatic hydroxyl groups excluding tert-OH is 1. The lowest BCUT2D eigenvalue weighted by atomic mass is 10.0. The molecule has 122 valence electrons. The van der Waals surface area contributed by atoms with Crippen molar-refractivity contribution >= 4 is 11.7 Å². The van der Waals surface area contributed by atoms with Crippen LogP contribution in [0, 0.1) is 6.92 Å². The smallest absolute Gasteiger partial charge is 0.321 e. The third-order valence-electron chi connectivity index (χ3n) is 4.19. The molecule has 0 radical (unpaired) electrons. The van der Waals surface area contributed by atoms with E-state index in [1.165, 1.54) is 0 Å². The zero-order valence-corrected chi connectivity index (χ0v) is 13.5. The number of nitrogens with one attached hydrogen (secondary N) is 1. The maximum atomic E-state index is 12.3. The van der Waals surface area contributed by atoms with E-state index in [2.05, 4.69) is 22.2 Å². The summed E-state index contributed by atoms with van der Waals surface area (Å²) < 4.78 is 0. The first-order valence-corrected chi connectivity index (χ1v) is 7.90. The van der Waals surface area contributed by atoms with Gasteiger partial charge in [-0.25, -0.2) is 4.79 Å². The number of anilines is 1. The minimum Gasteiger partial charge on any atom is -0.396 e. The van der Waals surface area contributed by atoms with Crippen LogP contribution < -0.4 is 5.32 Å². The maximum absolute atomic E-state index is 12.3. The molecule has 1 aromatic rings. The molecule has 0 aliphatic carbocycles. The third kappa shape index (κ3) is 4.68. The quantitative estimate of drug-likeness (QED) is 0.869. The van der Waals surface area contributed by atoms with E-state index in [0.717, 1.165) is 50.3 Å². The van der Waals surface area contributed by atoms with Crippen LogP contribution in [0.25, 0.3) is 0 Å². The van der Waals surface area contributed by atoms with Crippen molar-refractivity contribution in [1.29, 1.82) is 0 Å². The van der Waals surface area contributed by atoms with Crippen molar-refractivity contribution in [2.24, 2.45) is 0 Å². The maximum Gasteiger partial charge on any atom is 0.321 e. The molecule has 6 heteroatoms. The number of aliphatic hydroxyl groups is 1. The van der Waals surface area contributed by atoms with E-state index in [9.17, 15) is 4.79 Å². The number of urea groups is 1. The number of likely N-dealkylation sites (tertiary alicyclic amines) is 1. The van der Waals surface area contributed by atoms with Crippen LogP contribution in [0.4, 0.5) is 10.5 Å². The lowest BCUT2D eigenvalue weighted by Crippen LogP contribution is -2.47. The lowest BCUT2D eigenvalue weighted by Gasteiger charge is -2.36. The largest absolute Gasteiger partial charge is 0.396 e. The Morgan fingerprint density at radius 1 is 1.50 bits per heavy atom. The number of carbonyl (C=O) groups is 1. The van der Waals surface area contributed by atoms with Gasteiger partial charge in [-0.1, -0.05) is 0 Å². The van der Waals surface area contributed by atoms with Gasteiger partial charge in [0.2, 0.25) is 0 Å². The summed E-state index contributed by atoms with van der Waals surface area (Å²) in [5.41, 5.74) is 1.68. The van der Waals surface area contributed by atoms with E-state index in [-0.39, 0.29) is 12.6 Å². The fourth-order valence-electron chi connectivity index (χ4n) is 2.84. The Morgan fingerprint density at radius 2 is 2.23 bits per heavy atom. The number of hydrogen-bond donors (Lipinski definition) is 2. The average Bonchev–Trinajstić information content (AvgIpc) is 2.52. The SMILES string of the molecule is Cc1cc(NC(=O)N2CCC(N(C)CCCO)CC2)ccn1. The number of aryl methyl sites for hydroxylation is 1.